The lowest BCUT2D eigenvalue weighted by molar-refractivity contribution is 0.435. The monoisotopic (exact) mass is 241 g/mol. The van der Waals surface area contributed by atoms with Crippen LogP contribution in [0.15, 0.2) is 18.2 Å². The normalized spacial score (nSPS) is 12.7. The minimum absolute atomic E-state index is 0.302. The molecule has 1 aromatic carbocycles. The van der Waals surface area contributed by atoms with Gasteiger partial charge in [-0.1, -0.05) is 20.3 Å². The molecule has 1 nitrogen and oxygen atoms in total. The van der Waals surface area contributed by atoms with E-state index in [1.54, 1.807) is 0 Å². The van der Waals surface area contributed by atoms with E-state index in [0.717, 1.165) is 32.0 Å². The second kappa shape index (κ2) is 7.38. The first kappa shape index (κ1) is 14.1. The average Bonchev–Trinajstić information content (AvgIpc) is 2.31. The molecule has 0 heterocycles. The molecule has 0 aliphatic rings. The van der Waals surface area contributed by atoms with Gasteiger partial charge in [0, 0.05) is 0 Å². The summed E-state index contributed by atoms with van der Waals surface area (Å²) in [5, 5.41) is 3.27. The molecule has 0 fully saturated rings. The van der Waals surface area contributed by atoms with E-state index >= 15 is 0 Å². The topological polar surface area (TPSA) is 12.0 Å². The van der Waals surface area contributed by atoms with Crippen LogP contribution in [0.1, 0.15) is 32.3 Å². The van der Waals surface area contributed by atoms with Gasteiger partial charge in [-0.25, -0.2) is 8.78 Å². The minimum atomic E-state index is -0.361. The van der Waals surface area contributed by atoms with E-state index in [0.29, 0.717) is 17.9 Å². The Morgan fingerprint density at radius 1 is 1.24 bits per heavy atom. The Morgan fingerprint density at radius 2 is 2.00 bits per heavy atom. The zero-order chi connectivity index (χ0) is 12.7. The van der Waals surface area contributed by atoms with E-state index in [-0.39, 0.29) is 11.6 Å². The largest absolute Gasteiger partial charge is 0.317 e. The van der Waals surface area contributed by atoms with Crippen LogP contribution < -0.4 is 5.32 Å². The highest BCUT2D eigenvalue weighted by Crippen LogP contribution is 2.17. The van der Waals surface area contributed by atoms with E-state index in [1.807, 2.05) is 6.92 Å². The fourth-order valence-corrected chi connectivity index (χ4v) is 2.04. The lowest BCUT2D eigenvalue weighted by Crippen LogP contribution is -2.24. The van der Waals surface area contributed by atoms with E-state index in [4.69, 9.17) is 0 Å². The first-order valence-corrected chi connectivity index (χ1v) is 6.32. The lowest BCUT2D eigenvalue weighted by Gasteiger charge is -2.17. The zero-order valence-corrected chi connectivity index (χ0v) is 10.6. The fourth-order valence-electron chi connectivity index (χ4n) is 2.04. The van der Waals surface area contributed by atoms with Gasteiger partial charge < -0.3 is 5.32 Å². The van der Waals surface area contributed by atoms with Crippen molar-refractivity contribution in [3.05, 3.63) is 35.4 Å². The molecule has 3 heteroatoms. The van der Waals surface area contributed by atoms with Crippen LogP contribution in [-0.2, 0) is 6.42 Å². The maximum Gasteiger partial charge on any atom is 0.126 e. The average molecular weight is 241 g/mol. The van der Waals surface area contributed by atoms with Gasteiger partial charge in [0.1, 0.15) is 11.6 Å². The third-order valence-electron chi connectivity index (χ3n) is 2.90. The van der Waals surface area contributed by atoms with Crippen LogP contribution in [0.25, 0.3) is 0 Å². The molecule has 1 unspecified atom stereocenters. The van der Waals surface area contributed by atoms with Crippen molar-refractivity contribution in [1.82, 2.24) is 5.32 Å². The molecule has 0 saturated heterocycles. The van der Waals surface area contributed by atoms with Crippen LogP contribution in [0.4, 0.5) is 8.78 Å². The van der Waals surface area contributed by atoms with Gasteiger partial charge in [0.15, 0.2) is 0 Å². The molecule has 0 saturated carbocycles. The molecular weight excluding hydrogens is 220 g/mol. The van der Waals surface area contributed by atoms with Gasteiger partial charge in [0.2, 0.25) is 0 Å². The van der Waals surface area contributed by atoms with Crippen LogP contribution in [0.2, 0.25) is 0 Å². The molecule has 1 rings (SSSR count). The lowest BCUT2D eigenvalue weighted by atomic mass is 9.94. The fraction of sp³-hybridized carbons (Fsp3) is 0.571. The number of hydrogen-bond donors (Lipinski definition) is 1. The Hall–Kier alpha value is -0.960. The maximum atomic E-state index is 13.5. The molecule has 0 aromatic heterocycles. The Morgan fingerprint density at radius 3 is 2.65 bits per heavy atom. The smallest absolute Gasteiger partial charge is 0.126 e. The Kier molecular flexibility index (Phi) is 6.12. The first-order valence-electron chi connectivity index (χ1n) is 6.32. The van der Waals surface area contributed by atoms with Crippen molar-refractivity contribution in [2.24, 2.45) is 5.92 Å². The Bertz CT molecular complexity index is 339. The highest BCUT2D eigenvalue weighted by Gasteiger charge is 2.12. The third kappa shape index (κ3) is 4.82. The van der Waals surface area contributed by atoms with Crippen LogP contribution in [0.3, 0.4) is 0 Å². The van der Waals surface area contributed by atoms with Crippen molar-refractivity contribution in [2.75, 3.05) is 13.1 Å². The minimum Gasteiger partial charge on any atom is -0.317 e. The molecule has 0 bridgehead atoms. The standard InChI is InChI=1S/C14H21F2N/c1-3-5-11(10-17-4-2)8-12-9-13(15)6-7-14(12)16/h6-7,9,11,17H,3-5,8,10H2,1-2H3. The van der Waals surface area contributed by atoms with Crippen LogP contribution in [0.5, 0.6) is 0 Å². The molecule has 17 heavy (non-hydrogen) atoms. The predicted molar refractivity (Wildman–Crippen MR) is 67.0 cm³/mol. The van der Waals surface area contributed by atoms with E-state index in [1.165, 1.54) is 12.1 Å². The van der Waals surface area contributed by atoms with Crippen LogP contribution in [-0.4, -0.2) is 13.1 Å². The zero-order valence-electron chi connectivity index (χ0n) is 10.6. The van der Waals surface area contributed by atoms with Crippen molar-refractivity contribution in [2.45, 2.75) is 33.1 Å². The summed E-state index contributed by atoms with van der Waals surface area (Å²) < 4.78 is 26.6. The van der Waals surface area contributed by atoms with Crippen LogP contribution in [0, 0.1) is 17.6 Å². The molecule has 0 aliphatic heterocycles. The summed E-state index contributed by atoms with van der Waals surface area (Å²) in [4.78, 5) is 0. The molecule has 0 amide bonds. The quantitative estimate of drug-likeness (QED) is 0.770. The second-order valence-electron chi connectivity index (χ2n) is 4.40. The van der Waals surface area contributed by atoms with Crippen molar-refractivity contribution in [1.29, 1.82) is 0 Å². The van der Waals surface area contributed by atoms with Gasteiger partial charge in [0.05, 0.1) is 0 Å². The highest BCUT2D eigenvalue weighted by atomic mass is 19.1. The van der Waals surface area contributed by atoms with Crippen LogP contribution >= 0.6 is 0 Å². The number of halogens is 2. The van der Waals surface area contributed by atoms with Crippen molar-refractivity contribution in [3.8, 4) is 0 Å². The summed E-state index contributed by atoms with van der Waals surface area (Å²) in [6, 6.07) is 3.68. The van der Waals surface area contributed by atoms with Gasteiger partial charge >= 0.3 is 0 Å². The van der Waals surface area contributed by atoms with Gasteiger partial charge in [0.25, 0.3) is 0 Å². The number of rotatable bonds is 7. The molecule has 0 radical (unpaired) electrons. The summed E-state index contributed by atoms with van der Waals surface area (Å²) in [6.45, 7) is 5.93. The predicted octanol–water partition coefficient (Wildman–Crippen LogP) is 3.53. The summed E-state index contributed by atoms with van der Waals surface area (Å²) in [7, 11) is 0. The number of benzene rings is 1. The second-order valence-corrected chi connectivity index (χ2v) is 4.40. The van der Waals surface area contributed by atoms with Crippen molar-refractivity contribution < 1.29 is 8.78 Å². The van der Waals surface area contributed by atoms with E-state index < -0.39 is 0 Å². The molecule has 1 atom stereocenters. The number of hydrogen-bond acceptors (Lipinski definition) is 1. The molecule has 0 aliphatic carbocycles. The Labute approximate surface area is 102 Å². The summed E-state index contributed by atoms with van der Waals surface area (Å²) in [6.07, 6.45) is 2.69. The molecular formula is C14H21F2N. The van der Waals surface area contributed by atoms with Gasteiger partial charge in [-0.15, -0.1) is 0 Å². The molecule has 1 aromatic rings. The summed E-state index contributed by atoms with van der Waals surface area (Å²) >= 11 is 0. The van der Waals surface area contributed by atoms with Crippen molar-refractivity contribution in [3.63, 3.8) is 0 Å². The first-order chi connectivity index (χ1) is 8.17. The Balaban J connectivity index is 2.67. The van der Waals surface area contributed by atoms with Gasteiger partial charge in [-0.2, -0.15) is 0 Å². The number of nitrogens with one attached hydrogen (secondary N) is 1. The summed E-state index contributed by atoms with van der Waals surface area (Å²) in [5.41, 5.74) is 0.487. The van der Waals surface area contributed by atoms with Gasteiger partial charge in [-0.3, -0.25) is 0 Å². The van der Waals surface area contributed by atoms with E-state index in [9.17, 15) is 8.78 Å². The van der Waals surface area contributed by atoms with E-state index in [2.05, 4.69) is 12.2 Å². The highest BCUT2D eigenvalue weighted by molar-refractivity contribution is 5.19. The molecule has 96 valence electrons. The SMILES string of the molecule is CCCC(CNCC)Cc1cc(F)ccc1F. The maximum absolute atomic E-state index is 13.5. The molecule has 0 spiro atoms. The summed E-state index contributed by atoms with van der Waals surface area (Å²) in [5.74, 6) is -0.291. The third-order valence-corrected chi connectivity index (χ3v) is 2.90. The molecule has 1 N–H and O–H groups in total. The van der Waals surface area contributed by atoms with Crippen molar-refractivity contribution >= 4 is 0 Å². The van der Waals surface area contributed by atoms with Gasteiger partial charge in [-0.05, 0) is 55.6 Å².